The smallest absolute Gasteiger partial charge is 0.411 e. The molecule has 0 bridgehead atoms. The molecule has 5 atom stereocenters. The summed E-state index contributed by atoms with van der Waals surface area (Å²) in [6, 6.07) is 21.3. The van der Waals surface area contributed by atoms with E-state index in [9.17, 15) is 29.4 Å². The molecule has 0 aromatic heterocycles. The number of rotatable bonds is 10. The number of hydrogen-bond donors (Lipinski definition) is 2. The van der Waals surface area contributed by atoms with E-state index in [2.05, 4.69) is 0 Å². The fraction of sp³-hybridized carbons (Fsp3) is 0.389. The van der Waals surface area contributed by atoms with E-state index in [1.807, 2.05) is 78.9 Å². The Kier molecular flexibility index (Phi) is 8.61. The predicted molar refractivity (Wildman–Crippen MR) is 167 cm³/mol. The van der Waals surface area contributed by atoms with Crippen LogP contribution in [-0.4, -0.2) is 74.7 Å². The van der Waals surface area contributed by atoms with E-state index in [1.165, 1.54) is 11.8 Å². The van der Waals surface area contributed by atoms with Gasteiger partial charge in [0, 0.05) is 12.0 Å². The molecule has 234 valence electrons. The second-order valence-electron chi connectivity index (χ2n) is 12.4. The second-order valence-corrected chi connectivity index (χ2v) is 12.4. The van der Waals surface area contributed by atoms with Crippen LogP contribution in [0.5, 0.6) is 0 Å². The topological polar surface area (TPSA) is 124 Å². The summed E-state index contributed by atoms with van der Waals surface area (Å²) in [6.07, 6.45) is 2.29. The Morgan fingerprint density at radius 3 is 2.13 bits per heavy atom. The molecule has 0 radical (unpaired) electrons. The first-order chi connectivity index (χ1) is 21.8. The number of aliphatic carboxylic acids is 2. The highest BCUT2D eigenvalue weighted by molar-refractivity contribution is 5.92. The number of nitrogens with zero attached hydrogens (tertiary/aromatic N) is 2. The summed E-state index contributed by atoms with van der Waals surface area (Å²) in [5.41, 5.74) is 5.03. The number of carbonyl (C=O) groups excluding carboxylic acids is 2. The molecular formula is C36H38N2O7. The van der Waals surface area contributed by atoms with E-state index in [0.717, 1.165) is 45.6 Å². The molecule has 3 aliphatic rings. The summed E-state index contributed by atoms with van der Waals surface area (Å²) < 4.78 is 5.92. The molecule has 45 heavy (non-hydrogen) atoms. The number of carboxylic acids is 2. The van der Waals surface area contributed by atoms with Crippen LogP contribution in [0.4, 0.5) is 4.79 Å². The van der Waals surface area contributed by atoms with Gasteiger partial charge in [0.2, 0.25) is 5.91 Å². The lowest BCUT2D eigenvalue weighted by Gasteiger charge is -2.37. The molecule has 9 nitrogen and oxygen atoms in total. The molecule has 1 saturated carbocycles. The third-order valence-corrected chi connectivity index (χ3v) is 9.87. The van der Waals surface area contributed by atoms with Gasteiger partial charge < -0.3 is 19.8 Å². The van der Waals surface area contributed by atoms with Crippen molar-refractivity contribution in [3.63, 3.8) is 0 Å². The van der Waals surface area contributed by atoms with Crippen LogP contribution in [0.2, 0.25) is 0 Å². The van der Waals surface area contributed by atoms with Crippen LogP contribution in [0.3, 0.4) is 0 Å². The van der Waals surface area contributed by atoms with Gasteiger partial charge in [-0.25, -0.2) is 14.4 Å². The standard InChI is InChI=1S/C36H38N2O7/c1-22(33(39)38-30-17-9-12-24(30)20-32(38)35(42)43)37(31(34(40)41)19-18-23-10-3-2-4-11-23)36(44)45-21-29-27-15-7-5-13-25(27)26-14-6-8-16-28(26)29/h2-8,10-11,13-16,22,24,29-32H,9,12,17-21H2,1H3,(H,40,41)(H,42,43)/t22-,24-,30-,31-,32-/m0/s1. The SMILES string of the molecule is C[C@@H](C(=O)N1[C@H](C(=O)O)C[C@@H]2CCC[C@@H]21)N(C(=O)OCC1c2ccccc2-c2ccccc21)[C@@H](CCc1ccccc1)C(=O)O. The Bertz CT molecular complexity index is 1550. The first kappa shape index (κ1) is 30.4. The molecule has 2 N–H and O–H groups in total. The van der Waals surface area contributed by atoms with Crippen LogP contribution in [0.15, 0.2) is 78.9 Å². The number of likely N-dealkylation sites (tertiary alicyclic amines) is 1. The van der Waals surface area contributed by atoms with E-state index < -0.39 is 42.1 Å². The Hall–Kier alpha value is -4.66. The van der Waals surface area contributed by atoms with Crippen molar-refractivity contribution in [1.29, 1.82) is 0 Å². The lowest BCUT2D eigenvalue weighted by molar-refractivity contribution is -0.154. The Morgan fingerprint density at radius 1 is 0.889 bits per heavy atom. The molecule has 2 fully saturated rings. The first-order valence-electron chi connectivity index (χ1n) is 15.7. The summed E-state index contributed by atoms with van der Waals surface area (Å²) in [4.78, 5) is 55.7. The Morgan fingerprint density at radius 2 is 1.51 bits per heavy atom. The molecule has 3 aromatic carbocycles. The van der Waals surface area contributed by atoms with Gasteiger partial charge in [-0.3, -0.25) is 9.69 Å². The third-order valence-electron chi connectivity index (χ3n) is 9.87. The third kappa shape index (κ3) is 5.79. The normalized spacial score (nSPS) is 21.4. The average Bonchev–Trinajstić information content (AvgIpc) is 3.74. The van der Waals surface area contributed by atoms with Gasteiger partial charge in [0.25, 0.3) is 0 Å². The lowest BCUT2D eigenvalue weighted by atomic mass is 9.98. The molecule has 1 heterocycles. The van der Waals surface area contributed by atoms with E-state index >= 15 is 0 Å². The molecule has 0 unspecified atom stereocenters. The largest absolute Gasteiger partial charge is 0.480 e. The molecule has 3 aromatic rings. The van der Waals surface area contributed by atoms with Gasteiger partial charge in [0.1, 0.15) is 24.7 Å². The minimum absolute atomic E-state index is 0.0402. The molecule has 2 amide bonds. The van der Waals surface area contributed by atoms with Crippen LogP contribution < -0.4 is 0 Å². The van der Waals surface area contributed by atoms with Crippen molar-refractivity contribution in [1.82, 2.24) is 9.80 Å². The highest BCUT2D eigenvalue weighted by Gasteiger charge is 2.51. The molecule has 9 heteroatoms. The number of carboxylic acid groups (broad SMARTS) is 2. The van der Waals surface area contributed by atoms with Gasteiger partial charge >= 0.3 is 18.0 Å². The van der Waals surface area contributed by atoms with Gasteiger partial charge in [0.05, 0.1) is 0 Å². The Labute approximate surface area is 262 Å². The van der Waals surface area contributed by atoms with Crippen LogP contribution in [-0.2, 0) is 25.5 Å². The van der Waals surface area contributed by atoms with Gasteiger partial charge in [-0.2, -0.15) is 0 Å². The number of amides is 2. The zero-order valence-corrected chi connectivity index (χ0v) is 25.2. The van der Waals surface area contributed by atoms with Crippen molar-refractivity contribution < 1.29 is 34.1 Å². The molecule has 6 rings (SSSR count). The number of carbonyl (C=O) groups is 4. The second kappa shape index (κ2) is 12.8. The molecular weight excluding hydrogens is 572 g/mol. The summed E-state index contributed by atoms with van der Waals surface area (Å²) in [5.74, 6) is -3.07. The van der Waals surface area contributed by atoms with Gasteiger partial charge in [0.15, 0.2) is 0 Å². The first-order valence-corrected chi connectivity index (χ1v) is 15.7. The Balaban J connectivity index is 1.29. The van der Waals surface area contributed by atoms with E-state index in [1.54, 1.807) is 0 Å². The maximum Gasteiger partial charge on any atom is 0.411 e. The van der Waals surface area contributed by atoms with Crippen molar-refractivity contribution in [2.24, 2.45) is 5.92 Å². The summed E-state index contributed by atoms with van der Waals surface area (Å²) in [7, 11) is 0. The maximum absolute atomic E-state index is 14.2. The maximum atomic E-state index is 14.2. The fourth-order valence-corrected chi connectivity index (χ4v) is 7.71. The fourth-order valence-electron chi connectivity index (χ4n) is 7.71. The quantitative estimate of drug-likeness (QED) is 0.308. The molecule has 0 spiro atoms. The van der Waals surface area contributed by atoms with Gasteiger partial charge in [-0.1, -0.05) is 85.3 Å². The van der Waals surface area contributed by atoms with Crippen LogP contribution in [0, 0.1) is 5.92 Å². The summed E-state index contributed by atoms with van der Waals surface area (Å²) in [5, 5.41) is 20.4. The van der Waals surface area contributed by atoms with Gasteiger partial charge in [-0.05, 0) is 72.8 Å². The number of ether oxygens (including phenoxy) is 1. The van der Waals surface area contributed by atoms with Crippen molar-refractivity contribution in [2.45, 2.75) is 75.5 Å². The molecule has 2 aliphatic carbocycles. The summed E-state index contributed by atoms with van der Waals surface area (Å²) >= 11 is 0. The predicted octanol–water partition coefficient (Wildman–Crippen LogP) is 5.57. The van der Waals surface area contributed by atoms with Crippen LogP contribution in [0.1, 0.15) is 61.6 Å². The van der Waals surface area contributed by atoms with Crippen LogP contribution in [0.25, 0.3) is 11.1 Å². The van der Waals surface area contributed by atoms with Crippen molar-refractivity contribution in [3.05, 3.63) is 95.6 Å². The highest BCUT2D eigenvalue weighted by Crippen LogP contribution is 2.45. The molecule has 1 saturated heterocycles. The average molecular weight is 611 g/mol. The number of benzene rings is 3. The monoisotopic (exact) mass is 610 g/mol. The van der Waals surface area contributed by atoms with Crippen molar-refractivity contribution >= 4 is 23.9 Å². The number of fused-ring (bicyclic) bond motifs is 4. The number of aryl methyl sites for hydroxylation is 1. The number of hydrogen-bond acceptors (Lipinski definition) is 5. The van der Waals surface area contributed by atoms with E-state index in [4.69, 9.17) is 4.74 Å². The highest BCUT2D eigenvalue weighted by atomic mass is 16.6. The zero-order valence-electron chi connectivity index (χ0n) is 25.2. The summed E-state index contributed by atoms with van der Waals surface area (Å²) in [6.45, 7) is 1.45. The molecule has 1 aliphatic heterocycles. The van der Waals surface area contributed by atoms with E-state index in [-0.39, 0.29) is 30.9 Å². The lowest BCUT2D eigenvalue weighted by Crippen LogP contribution is -2.58. The van der Waals surface area contributed by atoms with Gasteiger partial charge in [-0.15, -0.1) is 0 Å². The van der Waals surface area contributed by atoms with Crippen molar-refractivity contribution in [2.75, 3.05) is 6.61 Å². The van der Waals surface area contributed by atoms with Crippen LogP contribution >= 0.6 is 0 Å². The minimum Gasteiger partial charge on any atom is -0.480 e. The van der Waals surface area contributed by atoms with E-state index in [0.29, 0.717) is 19.3 Å². The van der Waals surface area contributed by atoms with Crippen molar-refractivity contribution in [3.8, 4) is 11.1 Å². The minimum atomic E-state index is -1.37. The zero-order chi connectivity index (χ0) is 31.7.